The lowest BCUT2D eigenvalue weighted by atomic mass is 9.83. The zero-order valence-electron chi connectivity index (χ0n) is 17.5. The highest BCUT2D eigenvalue weighted by molar-refractivity contribution is 5.76. The van der Waals surface area contributed by atoms with Crippen LogP contribution >= 0.6 is 0 Å². The van der Waals surface area contributed by atoms with Crippen LogP contribution in [0.25, 0.3) is 0 Å². The molecule has 6 nitrogen and oxygen atoms in total. The number of hydrogen-bond donors (Lipinski definition) is 1. The van der Waals surface area contributed by atoms with Crippen LogP contribution in [0.1, 0.15) is 58.6 Å². The Morgan fingerprint density at radius 1 is 1.25 bits per heavy atom. The van der Waals surface area contributed by atoms with Crippen molar-refractivity contribution in [2.45, 2.75) is 72.0 Å². The van der Waals surface area contributed by atoms with Gasteiger partial charge in [0.1, 0.15) is 17.5 Å². The average molecular weight is 392 g/mol. The van der Waals surface area contributed by atoms with Crippen molar-refractivity contribution in [1.29, 1.82) is 0 Å². The highest BCUT2D eigenvalue weighted by Gasteiger charge is 2.38. The number of hydrogen-bond acceptors (Lipinski definition) is 6. The first-order chi connectivity index (χ1) is 13.1. The largest absolute Gasteiger partial charge is 0.490 e. The molecule has 0 radical (unpaired) electrons. The summed E-state index contributed by atoms with van der Waals surface area (Å²) in [6, 6.07) is 5.70. The molecule has 0 saturated carbocycles. The van der Waals surface area contributed by atoms with Crippen molar-refractivity contribution in [1.82, 2.24) is 0 Å². The lowest BCUT2D eigenvalue weighted by Gasteiger charge is -2.33. The molecule has 2 atom stereocenters. The van der Waals surface area contributed by atoms with Gasteiger partial charge < -0.3 is 19.3 Å². The van der Waals surface area contributed by atoms with E-state index in [0.29, 0.717) is 6.42 Å². The molecule has 1 aliphatic rings. The number of benzene rings is 1. The Morgan fingerprint density at radius 3 is 2.57 bits per heavy atom. The molecule has 1 heterocycles. The predicted octanol–water partition coefficient (Wildman–Crippen LogP) is 3.22. The highest BCUT2D eigenvalue weighted by atomic mass is 16.6. The Bertz CT molecular complexity index is 705. The minimum Gasteiger partial charge on any atom is -0.490 e. The smallest absolute Gasteiger partial charge is 0.314 e. The van der Waals surface area contributed by atoms with Crippen LogP contribution in [0.3, 0.4) is 0 Å². The molecular weight excluding hydrogens is 360 g/mol. The number of rotatable bonds is 7. The normalized spacial score (nSPS) is 18.4. The van der Waals surface area contributed by atoms with Gasteiger partial charge in [-0.1, -0.05) is 12.1 Å². The number of carbonyl (C=O) groups excluding carboxylic acids is 2. The zero-order valence-corrected chi connectivity index (χ0v) is 17.5. The monoisotopic (exact) mass is 392 g/mol. The van der Waals surface area contributed by atoms with E-state index in [4.69, 9.17) is 14.2 Å². The van der Waals surface area contributed by atoms with E-state index >= 15 is 0 Å². The molecule has 6 heteroatoms. The number of fused-ring (bicyclic) bond motifs is 1. The highest BCUT2D eigenvalue weighted by Crippen LogP contribution is 2.34. The van der Waals surface area contributed by atoms with Gasteiger partial charge in [0, 0.05) is 6.42 Å². The Kier molecular flexibility index (Phi) is 7.10. The summed E-state index contributed by atoms with van der Waals surface area (Å²) in [6.45, 7) is 8.99. The summed E-state index contributed by atoms with van der Waals surface area (Å²) < 4.78 is 16.5. The second-order valence-electron chi connectivity index (χ2n) is 8.63. The van der Waals surface area contributed by atoms with Crippen molar-refractivity contribution in [2.75, 3.05) is 13.2 Å². The third-order valence-electron chi connectivity index (χ3n) is 4.72. The van der Waals surface area contributed by atoms with Gasteiger partial charge in [-0.3, -0.25) is 9.59 Å². The molecule has 1 aromatic carbocycles. The van der Waals surface area contributed by atoms with E-state index in [0.717, 1.165) is 29.7 Å². The fraction of sp³-hybridized carbons (Fsp3) is 0.636. The zero-order chi connectivity index (χ0) is 20.9. The van der Waals surface area contributed by atoms with E-state index in [-0.39, 0.29) is 31.7 Å². The van der Waals surface area contributed by atoms with Crippen LogP contribution in [0.2, 0.25) is 0 Å². The van der Waals surface area contributed by atoms with Gasteiger partial charge in [-0.25, -0.2) is 0 Å². The number of esters is 2. The topological polar surface area (TPSA) is 82.1 Å². The predicted molar refractivity (Wildman–Crippen MR) is 105 cm³/mol. The summed E-state index contributed by atoms with van der Waals surface area (Å²) >= 11 is 0. The maximum Gasteiger partial charge on any atom is 0.314 e. The van der Waals surface area contributed by atoms with Gasteiger partial charge in [-0.15, -0.1) is 0 Å². The summed E-state index contributed by atoms with van der Waals surface area (Å²) in [7, 11) is 0. The second-order valence-corrected chi connectivity index (χ2v) is 8.63. The van der Waals surface area contributed by atoms with Gasteiger partial charge in [0.2, 0.25) is 0 Å². The van der Waals surface area contributed by atoms with E-state index in [1.807, 2.05) is 39.0 Å². The van der Waals surface area contributed by atoms with E-state index in [1.165, 1.54) is 0 Å². The molecule has 156 valence electrons. The maximum absolute atomic E-state index is 12.2. The molecule has 0 bridgehead atoms. The van der Waals surface area contributed by atoms with Crippen LogP contribution in [0.4, 0.5) is 0 Å². The molecular formula is C22H32O6. The van der Waals surface area contributed by atoms with Crippen molar-refractivity contribution >= 4 is 11.9 Å². The summed E-state index contributed by atoms with van der Waals surface area (Å²) in [5, 5.41) is 9.71. The van der Waals surface area contributed by atoms with Gasteiger partial charge in [-0.2, -0.15) is 0 Å². The Morgan fingerprint density at radius 2 is 1.96 bits per heavy atom. The van der Waals surface area contributed by atoms with Crippen molar-refractivity contribution in [3.63, 3.8) is 0 Å². The molecule has 1 aromatic rings. The van der Waals surface area contributed by atoms with Gasteiger partial charge in [0.05, 0.1) is 25.0 Å². The Labute approximate surface area is 167 Å². The van der Waals surface area contributed by atoms with E-state index in [1.54, 1.807) is 13.8 Å². The van der Waals surface area contributed by atoms with Crippen molar-refractivity contribution < 1.29 is 28.9 Å². The molecule has 1 aliphatic heterocycles. The molecule has 0 aromatic heterocycles. The quantitative estimate of drug-likeness (QED) is 0.718. The molecule has 28 heavy (non-hydrogen) atoms. The SMILES string of the molecule is CCOC(=O)[C@@](C)(CO)C[C@H]1CCc2cc(CC(=O)OC(C)(C)C)ccc2O1. The van der Waals surface area contributed by atoms with Crippen LogP contribution in [0.15, 0.2) is 18.2 Å². The van der Waals surface area contributed by atoms with Crippen LogP contribution in [0, 0.1) is 5.41 Å². The molecule has 0 amide bonds. The second kappa shape index (κ2) is 8.95. The lowest BCUT2D eigenvalue weighted by Crippen LogP contribution is -2.39. The van der Waals surface area contributed by atoms with Gasteiger partial charge in [-0.05, 0) is 64.7 Å². The molecule has 0 spiro atoms. The summed E-state index contributed by atoms with van der Waals surface area (Å²) in [5.41, 5.74) is 0.454. The molecule has 2 rings (SSSR count). The number of ether oxygens (including phenoxy) is 3. The molecule has 0 saturated heterocycles. The maximum atomic E-state index is 12.2. The molecule has 0 unspecified atom stereocenters. The van der Waals surface area contributed by atoms with Crippen LogP contribution in [-0.4, -0.2) is 42.0 Å². The Hall–Kier alpha value is -2.08. The third kappa shape index (κ3) is 5.96. The molecule has 0 fully saturated rings. The molecule has 1 N–H and O–H groups in total. The van der Waals surface area contributed by atoms with Crippen LogP contribution in [0.5, 0.6) is 5.75 Å². The summed E-state index contributed by atoms with van der Waals surface area (Å²) in [5.74, 6) is 0.100. The summed E-state index contributed by atoms with van der Waals surface area (Å²) in [4.78, 5) is 24.2. The number of carbonyl (C=O) groups is 2. The van der Waals surface area contributed by atoms with E-state index in [2.05, 4.69) is 0 Å². The van der Waals surface area contributed by atoms with Crippen molar-refractivity contribution in [3.05, 3.63) is 29.3 Å². The minimum absolute atomic E-state index is 0.175. The molecule has 0 aliphatic carbocycles. The third-order valence-corrected chi connectivity index (χ3v) is 4.72. The van der Waals surface area contributed by atoms with Crippen LogP contribution in [-0.2, 0) is 31.9 Å². The fourth-order valence-corrected chi connectivity index (χ4v) is 3.32. The standard InChI is InChI=1S/C22H32O6/c1-6-26-20(25)22(5,14-23)13-17-9-8-16-11-15(7-10-18(16)27-17)12-19(24)28-21(2,3)4/h7,10-11,17,23H,6,8-9,12-14H2,1-5H3/t17-,22-/m1/s1. The van der Waals surface area contributed by atoms with E-state index in [9.17, 15) is 14.7 Å². The lowest BCUT2D eigenvalue weighted by molar-refractivity contribution is -0.159. The first-order valence-electron chi connectivity index (χ1n) is 9.84. The number of aryl methyl sites for hydroxylation is 1. The van der Waals surface area contributed by atoms with E-state index < -0.39 is 17.0 Å². The Balaban J connectivity index is 2.02. The average Bonchev–Trinajstić information content (AvgIpc) is 2.60. The number of aliphatic hydroxyl groups excluding tert-OH is 1. The first-order valence-corrected chi connectivity index (χ1v) is 9.84. The minimum atomic E-state index is -0.977. The van der Waals surface area contributed by atoms with Crippen molar-refractivity contribution in [3.8, 4) is 5.75 Å². The van der Waals surface area contributed by atoms with Crippen LogP contribution < -0.4 is 4.74 Å². The summed E-state index contributed by atoms with van der Waals surface area (Å²) in [6.07, 6.45) is 1.95. The first kappa shape index (κ1) is 22.2. The van der Waals surface area contributed by atoms with Crippen molar-refractivity contribution in [2.24, 2.45) is 5.41 Å². The van der Waals surface area contributed by atoms with Gasteiger partial charge >= 0.3 is 11.9 Å². The fourth-order valence-electron chi connectivity index (χ4n) is 3.32. The van der Waals surface area contributed by atoms with Gasteiger partial charge in [0.25, 0.3) is 0 Å². The number of aliphatic hydroxyl groups is 1. The van der Waals surface area contributed by atoms with Gasteiger partial charge in [0.15, 0.2) is 0 Å².